The Balaban J connectivity index is 0.00000225. The molecule has 0 aliphatic heterocycles. The number of halogens is 6. The van der Waals surface area contributed by atoms with Gasteiger partial charge in [0, 0.05) is 0 Å². The maximum atomic E-state index is 12.1. The Hall–Kier alpha value is -0.135. The molecule has 0 bridgehead atoms. The molecular formula is C8H3BF6Na. The van der Waals surface area contributed by atoms with Gasteiger partial charge in [-0.25, -0.2) is 0 Å². The van der Waals surface area contributed by atoms with E-state index < -0.39 is 28.9 Å². The van der Waals surface area contributed by atoms with Crippen LogP contribution in [0.5, 0.6) is 0 Å². The first-order chi connectivity index (χ1) is 6.60. The molecular weight excluding hydrogens is 244 g/mol. The zero-order valence-electron chi connectivity index (χ0n) is 8.08. The maximum absolute atomic E-state index is 12.1. The Bertz CT molecular complexity index is 338. The summed E-state index contributed by atoms with van der Waals surface area (Å²) in [4.78, 5) is 0. The Morgan fingerprint density at radius 3 is 1.31 bits per heavy atom. The van der Waals surface area contributed by atoms with Crippen molar-refractivity contribution in [2.45, 2.75) is 12.4 Å². The molecule has 0 amide bonds. The van der Waals surface area contributed by atoms with E-state index in [2.05, 4.69) is 0 Å². The first-order valence-corrected chi connectivity index (χ1v) is 3.65. The van der Waals surface area contributed by atoms with E-state index >= 15 is 0 Å². The minimum Gasteiger partial charge on any atom is -0.580 e. The van der Waals surface area contributed by atoms with Crippen molar-refractivity contribution in [1.82, 2.24) is 0 Å². The number of benzene rings is 1. The summed E-state index contributed by atoms with van der Waals surface area (Å²) in [5, 5.41) is 0. The van der Waals surface area contributed by atoms with Gasteiger partial charge in [-0.1, -0.05) is 12.1 Å². The van der Waals surface area contributed by atoms with E-state index in [0.717, 1.165) is 0 Å². The fraction of sp³-hybridized carbons (Fsp3) is 0.250. The van der Waals surface area contributed by atoms with Crippen molar-refractivity contribution < 1.29 is 55.9 Å². The molecule has 1 aromatic carbocycles. The van der Waals surface area contributed by atoms with Gasteiger partial charge in [0.2, 0.25) is 0 Å². The second-order valence-electron chi connectivity index (χ2n) is 2.84. The van der Waals surface area contributed by atoms with E-state index in [4.69, 9.17) is 7.85 Å². The molecule has 1 rings (SSSR count). The fourth-order valence-electron chi connectivity index (χ4n) is 0.979. The summed E-state index contributed by atoms with van der Waals surface area (Å²) in [5.41, 5.74) is -3.39. The second-order valence-corrected chi connectivity index (χ2v) is 2.84. The third-order valence-electron chi connectivity index (χ3n) is 1.61. The van der Waals surface area contributed by atoms with Crippen molar-refractivity contribution in [3.8, 4) is 0 Å². The van der Waals surface area contributed by atoms with Crippen LogP contribution in [-0.2, 0) is 12.4 Å². The van der Waals surface area contributed by atoms with Gasteiger partial charge in [-0.3, -0.25) is 0 Å². The molecule has 8 heteroatoms. The van der Waals surface area contributed by atoms with Gasteiger partial charge in [0.25, 0.3) is 0 Å². The molecule has 1 aromatic rings. The first-order valence-electron chi connectivity index (χ1n) is 3.65. The molecule has 0 N–H and O–H groups in total. The predicted octanol–water partition coefficient (Wildman–Crippen LogP) is -0.478. The van der Waals surface area contributed by atoms with Crippen molar-refractivity contribution in [1.29, 1.82) is 0 Å². The minimum absolute atomic E-state index is 0. The molecule has 0 saturated carbocycles. The molecule has 0 aliphatic carbocycles. The van der Waals surface area contributed by atoms with E-state index in [1.165, 1.54) is 0 Å². The van der Waals surface area contributed by atoms with Crippen molar-refractivity contribution >= 4 is 13.3 Å². The molecule has 0 fully saturated rings. The van der Waals surface area contributed by atoms with Gasteiger partial charge in [-0.05, 0) is 6.07 Å². The fourth-order valence-corrected chi connectivity index (χ4v) is 0.979. The van der Waals surface area contributed by atoms with Gasteiger partial charge in [-0.15, -0.1) is 0 Å². The third kappa shape index (κ3) is 4.03. The summed E-state index contributed by atoms with van der Waals surface area (Å²) < 4.78 is 72.7. The molecule has 3 radical (unpaired) electrons. The van der Waals surface area contributed by atoms with E-state index in [-0.39, 0.29) is 35.6 Å². The summed E-state index contributed by atoms with van der Waals surface area (Å²) in [6.07, 6.45) is -9.68. The van der Waals surface area contributed by atoms with Crippen molar-refractivity contribution in [2.24, 2.45) is 0 Å². The number of rotatable bonds is 0. The molecule has 0 saturated heterocycles. The second kappa shape index (κ2) is 5.02. The number of hydrogen-bond acceptors (Lipinski definition) is 0. The van der Waals surface area contributed by atoms with Crippen LogP contribution in [-0.4, -0.2) is 7.85 Å². The van der Waals surface area contributed by atoms with Crippen LogP contribution < -0.4 is 35.0 Å². The average molecular weight is 247 g/mol. The summed E-state index contributed by atoms with van der Waals surface area (Å²) >= 11 is 0. The first kappa shape index (κ1) is 15.9. The normalized spacial score (nSPS) is 12.2. The van der Waals surface area contributed by atoms with Crippen molar-refractivity contribution in [2.75, 3.05) is 0 Å². The average Bonchev–Trinajstić information content (AvgIpc) is 1.99. The van der Waals surface area contributed by atoms with E-state index in [0.29, 0.717) is 12.1 Å². The quantitative estimate of drug-likeness (QED) is 0.429. The smallest absolute Gasteiger partial charge is 0.580 e. The molecule has 16 heavy (non-hydrogen) atoms. The summed E-state index contributed by atoms with van der Waals surface area (Å²) in [7, 11) is 4.95. The summed E-state index contributed by atoms with van der Waals surface area (Å²) in [6, 6.07) is 0.931. The number of alkyl halides is 6. The van der Waals surface area contributed by atoms with Crippen molar-refractivity contribution in [3.63, 3.8) is 0 Å². The van der Waals surface area contributed by atoms with Crippen LogP contribution in [0.4, 0.5) is 26.3 Å². The Labute approximate surface area is 111 Å². The largest absolute Gasteiger partial charge is 1.00 e. The van der Waals surface area contributed by atoms with E-state index in [9.17, 15) is 26.3 Å². The summed E-state index contributed by atoms with van der Waals surface area (Å²) in [6.45, 7) is 0. The van der Waals surface area contributed by atoms with Gasteiger partial charge < -0.3 is 13.3 Å². The van der Waals surface area contributed by atoms with Gasteiger partial charge in [0.1, 0.15) is 0 Å². The third-order valence-corrected chi connectivity index (χ3v) is 1.61. The van der Waals surface area contributed by atoms with Crippen LogP contribution >= 0.6 is 0 Å². The molecule has 0 aromatic heterocycles. The molecule has 0 atom stereocenters. The maximum Gasteiger partial charge on any atom is 1.00 e. The van der Waals surface area contributed by atoms with E-state index in [1.54, 1.807) is 0 Å². The van der Waals surface area contributed by atoms with Crippen LogP contribution in [0.15, 0.2) is 18.2 Å². The minimum atomic E-state index is -4.84. The van der Waals surface area contributed by atoms with Gasteiger partial charge in [0.15, 0.2) is 0 Å². The zero-order valence-corrected chi connectivity index (χ0v) is 10.1. The molecule has 0 spiro atoms. The Morgan fingerprint density at radius 1 is 0.750 bits per heavy atom. The summed E-state index contributed by atoms with van der Waals surface area (Å²) in [5.74, 6) is 0. The Morgan fingerprint density at radius 2 is 1.06 bits per heavy atom. The van der Waals surface area contributed by atoms with Crippen LogP contribution in [0, 0.1) is 0 Å². The van der Waals surface area contributed by atoms with Crippen LogP contribution in [0.25, 0.3) is 0 Å². The predicted molar refractivity (Wildman–Crippen MR) is 41.8 cm³/mol. The van der Waals surface area contributed by atoms with Gasteiger partial charge >= 0.3 is 41.9 Å². The molecule has 0 heterocycles. The van der Waals surface area contributed by atoms with Crippen LogP contribution in [0.3, 0.4) is 0 Å². The van der Waals surface area contributed by atoms with Crippen molar-refractivity contribution in [3.05, 3.63) is 29.3 Å². The molecule has 0 unspecified atom stereocenters. The topological polar surface area (TPSA) is 0 Å². The standard InChI is InChI=1S/C8H3BF6.Na/c9-6-2-4(7(10,11)12)1-5(3-6)8(13,14)15;/h1-3H;/q-1;+1. The molecule has 81 valence electrons. The Kier molecular flexibility index (Phi) is 4.98. The van der Waals surface area contributed by atoms with E-state index in [1.807, 2.05) is 0 Å². The van der Waals surface area contributed by atoms with Crippen LogP contribution in [0.1, 0.15) is 11.1 Å². The zero-order chi connectivity index (χ0) is 11.9. The molecule has 0 nitrogen and oxygen atoms in total. The molecule has 0 aliphatic rings. The van der Waals surface area contributed by atoms with Crippen LogP contribution in [0.2, 0.25) is 0 Å². The number of hydrogen-bond donors (Lipinski definition) is 0. The monoisotopic (exact) mass is 247 g/mol. The van der Waals surface area contributed by atoms with Gasteiger partial charge in [-0.2, -0.15) is 26.3 Å². The SMILES string of the molecule is [B-]c1cc(C(F)(F)F)cc(C(F)(F)F)c1.[Na+]. The van der Waals surface area contributed by atoms with Gasteiger partial charge in [0.05, 0.1) is 11.1 Å².